The summed E-state index contributed by atoms with van der Waals surface area (Å²) in [6.45, 7) is 4.63. The van der Waals surface area contributed by atoms with E-state index in [2.05, 4.69) is 187 Å². The molecule has 0 spiro atoms. The number of aromatic hydroxyl groups is 1. The van der Waals surface area contributed by atoms with E-state index < -0.39 is 0 Å². The summed E-state index contributed by atoms with van der Waals surface area (Å²) in [7, 11) is 0. The molecule has 0 bridgehead atoms. The first-order valence-electron chi connectivity index (χ1n) is 20.4. The van der Waals surface area contributed by atoms with Crippen molar-refractivity contribution in [3.8, 4) is 16.9 Å². The van der Waals surface area contributed by atoms with Crippen molar-refractivity contribution in [1.29, 1.82) is 0 Å². The second kappa shape index (κ2) is 13.1. The van der Waals surface area contributed by atoms with Crippen LogP contribution in [0.15, 0.2) is 192 Å². The molecule has 12 rings (SSSR count). The molecular weight excluding hydrogens is 753 g/mol. The monoisotopic (exact) mass is 790 g/mol. The number of nitrogens with zero attached hydrogens (tertiary/aromatic N) is 2. The van der Waals surface area contributed by atoms with Gasteiger partial charge in [0.25, 0.3) is 0 Å². The second-order valence-corrected chi connectivity index (χ2v) is 17.3. The van der Waals surface area contributed by atoms with Crippen molar-refractivity contribution in [2.75, 3.05) is 9.80 Å². The van der Waals surface area contributed by atoms with Crippen LogP contribution in [0.5, 0.6) is 5.75 Å². The van der Waals surface area contributed by atoms with E-state index >= 15 is 0 Å². The van der Waals surface area contributed by atoms with E-state index in [1.54, 1.807) is 11.3 Å². The van der Waals surface area contributed by atoms with E-state index in [9.17, 15) is 5.11 Å². The van der Waals surface area contributed by atoms with E-state index in [-0.39, 0.29) is 11.2 Å². The lowest BCUT2D eigenvalue weighted by atomic mass is 9.82. The van der Waals surface area contributed by atoms with Gasteiger partial charge < -0.3 is 19.3 Å². The lowest BCUT2D eigenvalue weighted by Gasteiger charge is -2.33. The van der Waals surface area contributed by atoms with Crippen molar-refractivity contribution in [1.82, 2.24) is 0 Å². The molecule has 0 radical (unpaired) electrons. The summed E-state index contributed by atoms with van der Waals surface area (Å²) in [6.07, 6.45) is 0. The zero-order valence-electron chi connectivity index (χ0n) is 33.1. The Labute approximate surface area is 351 Å². The SMILES string of the molecule is CC1(C)c2ccccc2-c2c(N(c3cccc(N(c4cccc5oc6ccccc6c45)c4cccc5sc6ccccc6c45)c3O)c3cccc4ccccc34)cccc21. The van der Waals surface area contributed by atoms with Crippen LogP contribution in [-0.4, -0.2) is 5.11 Å². The number of hydrogen-bond donors (Lipinski definition) is 1. The van der Waals surface area contributed by atoms with Gasteiger partial charge in [-0.05, 0) is 82.7 Å². The van der Waals surface area contributed by atoms with Gasteiger partial charge in [-0.25, -0.2) is 0 Å². The zero-order valence-corrected chi connectivity index (χ0v) is 33.9. The van der Waals surface area contributed by atoms with Crippen LogP contribution in [0.2, 0.25) is 0 Å². The molecule has 1 aliphatic carbocycles. The van der Waals surface area contributed by atoms with Gasteiger partial charge in [0.1, 0.15) is 11.2 Å². The van der Waals surface area contributed by atoms with E-state index in [1.807, 2.05) is 24.3 Å². The van der Waals surface area contributed by atoms with E-state index in [0.717, 1.165) is 60.8 Å². The highest BCUT2D eigenvalue weighted by molar-refractivity contribution is 7.26. The Morgan fingerprint density at radius 2 is 0.967 bits per heavy atom. The third-order valence-corrected chi connectivity index (χ3v) is 13.7. The van der Waals surface area contributed by atoms with E-state index in [0.29, 0.717) is 11.4 Å². The Balaban J connectivity index is 1.18. The number of anilines is 6. The minimum Gasteiger partial charge on any atom is -0.504 e. The number of thiophene rings is 1. The normalized spacial score (nSPS) is 13.0. The summed E-state index contributed by atoms with van der Waals surface area (Å²) in [5.41, 5.74) is 11.6. The molecule has 11 aromatic rings. The molecule has 9 aromatic carbocycles. The number of phenols is 1. The van der Waals surface area contributed by atoms with Crippen LogP contribution in [-0.2, 0) is 5.41 Å². The molecule has 60 heavy (non-hydrogen) atoms. The molecule has 2 aromatic heterocycles. The highest BCUT2D eigenvalue weighted by Gasteiger charge is 2.38. The Morgan fingerprint density at radius 3 is 1.83 bits per heavy atom. The molecule has 286 valence electrons. The summed E-state index contributed by atoms with van der Waals surface area (Å²) in [5.74, 6) is 0.162. The molecule has 0 unspecified atom stereocenters. The van der Waals surface area contributed by atoms with Gasteiger partial charge in [0, 0.05) is 41.9 Å². The Kier molecular flexibility index (Phi) is 7.56. The Morgan fingerprint density at radius 1 is 0.433 bits per heavy atom. The fourth-order valence-electron chi connectivity index (χ4n) is 9.87. The number of benzene rings is 9. The summed E-state index contributed by atoms with van der Waals surface area (Å²) in [5, 5.41) is 19.9. The van der Waals surface area contributed by atoms with Crippen LogP contribution < -0.4 is 9.80 Å². The van der Waals surface area contributed by atoms with Gasteiger partial charge in [-0.3, -0.25) is 0 Å². The molecule has 1 N–H and O–H groups in total. The summed E-state index contributed by atoms with van der Waals surface area (Å²) < 4.78 is 8.89. The van der Waals surface area contributed by atoms with Crippen molar-refractivity contribution in [2.45, 2.75) is 19.3 Å². The largest absolute Gasteiger partial charge is 0.504 e. The molecule has 0 saturated carbocycles. The van der Waals surface area contributed by atoms with Crippen molar-refractivity contribution in [2.24, 2.45) is 0 Å². The highest BCUT2D eigenvalue weighted by atomic mass is 32.1. The minimum atomic E-state index is -0.207. The van der Waals surface area contributed by atoms with Gasteiger partial charge in [0.15, 0.2) is 5.75 Å². The molecule has 5 heteroatoms. The molecule has 0 atom stereocenters. The van der Waals surface area contributed by atoms with Gasteiger partial charge in [-0.2, -0.15) is 0 Å². The third kappa shape index (κ3) is 4.96. The van der Waals surface area contributed by atoms with Crippen LogP contribution in [0.3, 0.4) is 0 Å². The lowest BCUT2D eigenvalue weighted by Crippen LogP contribution is -2.17. The van der Waals surface area contributed by atoms with Crippen LogP contribution in [0.1, 0.15) is 25.0 Å². The maximum atomic E-state index is 13.4. The predicted octanol–water partition coefficient (Wildman–Crippen LogP) is 16.1. The van der Waals surface area contributed by atoms with Gasteiger partial charge in [0.2, 0.25) is 0 Å². The smallest absolute Gasteiger partial charge is 0.163 e. The Bertz CT molecular complexity index is 3400. The van der Waals surface area contributed by atoms with Crippen LogP contribution in [0.25, 0.3) is 64.0 Å². The quantitative estimate of drug-likeness (QED) is 0.182. The van der Waals surface area contributed by atoms with Crippen molar-refractivity contribution < 1.29 is 9.52 Å². The first-order chi connectivity index (χ1) is 29.5. The first kappa shape index (κ1) is 34.7. The average Bonchev–Trinajstić information content (AvgIpc) is 3.94. The molecule has 0 fully saturated rings. The van der Waals surface area contributed by atoms with Crippen molar-refractivity contribution >= 4 is 98.3 Å². The topological polar surface area (TPSA) is 39.9 Å². The number of hydrogen-bond acceptors (Lipinski definition) is 5. The number of phenolic OH excluding ortho intramolecular Hbond substituents is 1. The fourth-order valence-corrected chi connectivity index (χ4v) is 11.0. The maximum Gasteiger partial charge on any atom is 0.163 e. The molecule has 0 amide bonds. The zero-order chi connectivity index (χ0) is 40.1. The van der Waals surface area contributed by atoms with Crippen LogP contribution in [0.4, 0.5) is 34.1 Å². The lowest BCUT2D eigenvalue weighted by molar-refractivity contribution is 0.478. The van der Waals surface area contributed by atoms with Crippen molar-refractivity contribution in [3.63, 3.8) is 0 Å². The summed E-state index contributed by atoms with van der Waals surface area (Å²) >= 11 is 1.79. The van der Waals surface area contributed by atoms with E-state index in [1.165, 1.54) is 37.0 Å². The number of rotatable bonds is 6. The van der Waals surface area contributed by atoms with Crippen LogP contribution >= 0.6 is 11.3 Å². The molecule has 0 aliphatic heterocycles. The predicted molar refractivity (Wildman–Crippen MR) is 253 cm³/mol. The molecular formula is C55H38N2O2S. The molecule has 0 saturated heterocycles. The third-order valence-electron chi connectivity index (χ3n) is 12.6. The Hall–Kier alpha value is -7.34. The fraction of sp³-hybridized carbons (Fsp3) is 0.0545. The summed E-state index contributed by atoms with van der Waals surface area (Å²) in [6, 6.07) is 66.1. The van der Waals surface area contributed by atoms with Crippen LogP contribution in [0, 0.1) is 0 Å². The number of fused-ring (bicyclic) bond motifs is 10. The second-order valence-electron chi connectivity index (χ2n) is 16.2. The molecule has 1 aliphatic rings. The minimum absolute atomic E-state index is 0.162. The van der Waals surface area contributed by atoms with Gasteiger partial charge in [-0.15, -0.1) is 11.3 Å². The van der Waals surface area contributed by atoms with E-state index in [4.69, 9.17) is 4.42 Å². The average molecular weight is 791 g/mol. The molecule has 2 heterocycles. The number of furan rings is 1. The number of para-hydroxylation sites is 2. The molecule has 4 nitrogen and oxygen atoms in total. The van der Waals surface area contributed by atoms with Gasteiger partial charge in [0.05, 0.1) is 39.5 Å². The highest BCUT2D eigenvalue weighted by Crippen LogP contribution is 2.57. The standard InChI is InChI=1S/C55H38N2O2S/c1-55(2)39-22-8-5-19-36(39)51-40(55)23-12-25-42(51)56(41-24-11-17-34-16-3-4-18-35(34)41)45-28-13-29-46(54(45)58)57(43-26-14-31-48-52(43)37-20-6-9-30-47(37)59-48)44-27-15-33-50-53(44)38-21-7-10-32-49(38)60-50/h3-33,58H,1-2H3. The summed E-state index contributed by atoms with van der Waals surface area (Å²) in [4.78, 5) is 4.53. The maximum absolute atomic E-state index is 13.4. The first-order valence-corrected chi connectivity index (χ1v) is 21.2. The van der Waals surface area contributed by atoms with Crippen molar-refractivity contribution in [3.05, 3.63) is 199 Å². The van der Waals surface area contributed by atoms with Gasteiger partial charge in [-0.1, -0.05) is 141 Å². The van der Waals surface area contributed by atoms with Gasteiger partial charge >= 0.3 is 0 Å².